The van der Waals surface area contributed by atoms with Crippen LogP contribution in [-0.2, 0) is 19.5 Å². The van der Waals surface area contributed by atoms with Crippen molar-refractivity contribution in [3.8, 4) is 0 Å². The summed E-state index contributed by atoms with van der Waals surface area (Å²) in [5, 5.41) is 3.42. The molecular weight excluding hydrogens is 404 g/mol. The molecule has 0 fully saturated rings. The number of amides is 2. The van der Waals surface area contributed by atoms with Crippen LogP contribution in [0.3, 0.4) is 0 Å². The van der Waals surface area contributed by atoms with Gasteiger partial charge in [-0.25, -0.2) is 15.0 Å². The number of carbonyl (C=O) groups is 2. The van der Waals surface area contributed by atoms with Crippen molar-refractivity contribution in [3.05, 3.63) is 58.4 Å². The monoisotopic (exact) mass is 422 g/mol. The number of rotatable bonds is 5. The van der Waals surface area contributed by atoms with Crippen LogP contribution < -0.4 is 11.1 Å². The Morgan fingerprint density at radius 1 is 1.30 bits per heavy atom. The molecule has 1 aromatic carbocycles. The van der Waals surface area contributed by atoms with Crippen LogP contribution >= 0.6 is 11.3 Å². The molecule has 0 saturated heterocycles. The first-order valence-corrected chi connectivity index (χ1v) is 10.2. The number of hydrogen-bond acceptors (Lipinski definition) is 7. The molecular formula is C19H18N8O2S. The first kappa shape index (κ1) is 18.5. The van der Waals surface area contributed by atoms with Gasteiger partial charge in [0.25, 0.3) is 11.8 Å². The standard InChI is InChI=1S/C19H18N8O2S/c20-16(28)17-23-13-3-1-2-11(15(13)25-17)18(29)26-19-24-12-4-5-27(8-14(12)30-19)7-10-6-21-9-22-10/h1-3,6,9H,4-5,7-8H2,(H2,20,28)(H,21,22)(H,23,25)(H,24,26,29). The second-order valence-corrected chi connectivity index (χ2v) is 8.12. The van der Waals surface area contributed by atoms with E-state index >= 15 is 0 Å². The van der Waals surface area contributed by atoms with E-state index in [2.05, 4.69) is 35.1 Å². The van der Waals surface area contributed by atoms with Crippen molar-refractivity contribution in [1.82, 2.24) is 29.8 Å². The summed E-state index contributed by atoms with van der Waals surface area (Å²) < 4.78 is 0. The zero-order chi connectivity index (χ0) is 20.7. The average molecular weight is 422 g/mol. The Balaban J connectivity index is 1.34. The van der Waals surface area contributed by atoms with Crippen LogP contribution in [0.5, 0.6) is 0 Å². The Labute approximate surface area is 174 Å². The number of para-hydroxylation sites is 1. The first-order valence-electron chi connectivity index (χ1n) is 9.35. The molecule has 1 aliphatic rings. The number of H-pyrrole nitrogens is 2. The third-order valence-corrected chi connectivity index (χ3v) is 5.97. The maximum atomic E-state index is 12.9. The minimum atomic E-state index is -0.676. The number of benzene rings is 1. The van der Waals surface area contributed by atoms with Gasteiger partial charge in [0.15, 0.2) is 11.0 Å². The molecule has 152 valence electrons. The summed E-state index contributed by atoms with van der Waals surface area (Å²) in [5.41, 5.74) is 8.70. The van der Waals surface area contributed by atoms with Crippen LogP contribution in [-0.4, -0.2) is 48.2 Å². The van der Waals surface area contributed by atoms with Gasteiger partial charge in [0.1, 0.15) is 5.52 Å². The van der Waals surface area contributed by atoms with Gasteiger partial charge in [0.2, 0.25) is 0 Å². The molecule has 0 spiro atoms. The van der Waals surface area contributed by atoms with Gasteiger partial charge < -0.3 is 15.7 Å². The highest BCUT2D eigenvalue weighted by atomic mass is 32.1. The van der Waals surface area contributed by atoms with Gasteiger partial charge in [0, 0.05) is 42.8 Å². The van der Waals surface area contributed by atoms with Crippen LogP contribution in [0, 0.1) is 0 Å². The van der Waals surface area contributed by atoms with Crippen LogP contribution in [0.25, 0.3) is 11.0 Å². The van der Waals surface area contributed by atoms with E-state index in [-0.39, 0.29) is 11.7 Å². The van der Waals surface area contributed by atoms with Crippen LogP contribution in [0.1, 0.15) is 37.2 Å². The second-order valence-electron chi connectivity index (χ2n) is 7.03. The molecule has 30 heavy (non-hydrogen) atoms. The zero-order valence-corrected chi connectivity index (χ0v) is 16.6. The topological polar surface area (TPSA) is 146 Å². The van der Waals surface area contributed by atoms with Gasteiger partial charge in [-0.2, -0.15) is 0 Å². The summed E-state index contributed by atoms with van der Waals surface area (Å²) in [6.45, 7) is 2.47. The fourth-order valence-corrected chi connectivity index (χ4v) is 4.59. The minimum absolute atomic E-state index is 0.0207. The number of imidazole rings is 2. The summed E-state index contributed by atoms with van der Waals surface area (Å²) in [6.07, 6.45) is 4.33. The number of thiazole rings is 1. The van der Waals surface area contributed by atoms with E-state index in [0.29, 0.717) is 21.7 Å². The molecule has 5 rings (SSSR count). The lowest BCUT2D eigenvalue weighted by atomic mass is 10.1. The maximum absolute atomic E-state index is 12.9. The second kappa shape index (κ2) is 7.35. The van der Waals surface area contributed by atoms with Crippen LogP contribution in [0.15, 0.2) is 30.7 Å². The number of nitrogens with zero attached hydrogens (tertiary/aromatic N) is 4. The van der Waals surface area contributed by atoms with Crippen molar-refractivity contribution < 1.29 is 9.59 Å². The molecule has 5 N–H and O–H groups in total. The molecule has 0 unspecified atom stereocenters. The maximum Gasteiger partial charge on any atom is 0.284 e. The third-order valence-electron chi connectivity index (χ3n) is 4.97. The summed E-state index contributed by atoms with van der Waals surface area (Å²) in [6, 6.07) is 5.12. The zero-order valence-electron chi connectivity index (χ0n) is 15.8. The van der Waals surface area contributed by atoms with Gasteiger partial charge >= 0.3 is 0 Å². The summed E-state index contributed by atoms with van der Waals surface area (Å²) in [4.78, 5) is 46.5. The Morgan fingerprint density at radius 2 is 2.20 bits per heavy atom. The predicted octanol–water partition coefficient (Wildman–Crippen LogP) is 1.65. The molecule has 0 atom stereocenters. The number of fused-ring (bicyclic) bond motifs is 2. The highest BCUT2D eigenvalue weighted by Gasteiger charge is 2.23. The van der Waals surface area contributed by atoms with Gasteiger partial charge in [0.05, 0.1) is 23.1 Å². The van der Waals surface area contributed by atoms with Crippen molar-refractivity contribution in [2.75, 3.05) is 11.9 Å². The third kappa shape index (κ3) is 3.44. The van der Waals surface area contributed by atoms with E-state index < -0.39 is 5.91 Å². The number of aromatic nitrogens is 5. The number of anilines is 1. The SMILES string of the molecule is NC(=O)c1nc2c(C(=O)Nc3nc4c(s3)CN(Cc3cnc[nH]3)CC4)cccc2[nH]1. The molecule has 4 aromatic rings. The van der Waals surface area contributed by atoms with E-state index in [4.69, 9.17) is 5.73 Å². The number of primary amides is 1. The summed E-state index contributed by atoms with van der Waals surface area (Å²) >= 11 is 1.48. The Morgan fingerprint density at radius 3 is 3.00 bits per heavy atom. The van der Waals surface area contributed by atoms with Gasteiger partial charge in [-0.15, -0.1) is 11.3 Å². The van der Waals surface area contributed by atoms with E-state index in [1.165, 1.54) is 11.3 Å². The quantitative estimate of drug-likeness (QED) is 0.385. The van der Waals surface area contributed by atoms with Gasteiger partial charge in [-0.1, -0.05) is 6.07 Å². The highest BCUT2D eigenvalue weighted by molar-refractivity contribution is 7.15. The number of nitrogens with one attached hydrogen (secondary N) is 3. The van der Waals surface area contributed by atoms with E-state index in [9.17, 15) is 9.59 Å². The molecule has 11 heteroatoms. The fraction of sp³-hybridized carbons (Fsp3) is 0.211. The smallest absolute Gasteiger partial charge is 0.284 e. The first-order chi connectivity index (χ1) is 14.6. The van der Waals surface area contributed by atoms with Crippen molar-refractivity contribution >= 4 is 39.3 Å². The fourth-order valence-electron chi connectivity index (χ4n) is 3.55. The Hall–Kier alpha value is -3.57. The van der Waals surface area contributed by atoms with Crippen LogP contribution in [0.2, 0.25) is 0 Å². The van der Waals surface area contributed by atoms with E-state index in [1.807, 2.05) is 6.20 Å². The summed E-state index contributed by atoms with van der Waals surface area (Å²) in [5.74, 6) is -0.985. The lowest BCUT2D eigenvalue weighted by Gasteiger charge is -2.24. The number of hydrogen-bond donors (Lipinski definition) is 4. The largest absolute Gasteiger partial charge is 0.363 e. The number of aromatic amines is 2. The average Bonchev–Trinajstić information content (AvgIpc) is 3.46. The Kier molecular flexibility index (Phi) is 4.52. The molecule has 2 amide bonds. The normalized spacial score (nSPS) is 14.0. The summed E-state index contributed by atoms with van der Waals surface area (Å²) in [7, 11) is 0. The molecule has 0 aliphatic carbocycles. The molecule has 3 aromatic heterocycles. The van der Waals surface area contributed by atoms with Crippen molar-refractivity contribution in [2.45, 2.75) is 19.5 Å². The molecule has 1 aliphatic heterocycles. The van der Waals surface area contributed by atoms with Crippen molar-refractivity contribution in [1.29, 1.82) is 0 Å². The molecule has 4 heterocycles. The highest BCUT2D eigenvalue weighted by Crippen LogP contribution is 2.29. The predicted molar refractivity (Wildman–Crippen MR) is 111 cm³/mol. The van der Waals surface area contributed by atoms with Crippen LogP contribution in [0.4, 0.5) is 5.13 Å². The van der Waals surface area contributed by atoms with Crippen molar-refractivity contribution in [2.24, 2.45) is 5.73 Å². The number of nitrogens with two attached hydrogens (primary N) is 1. The molecule has 10 nitrogen and oxygen atoms in total. The lowest BCUT2D eigenvalue weighted by molar-refractivity contribution is 0.0989. The van der Waals surface area contributed by atoms with E-state index in [1.54, 1.807) is 24.5 Å². The van der Waals surface area contributed by atoms with Gasteiger partial charge in [-0.05, 0) is 12.1 Å². The number of carbonyl (C=O) groups excluding carboxylic acids is 2. The molecule has 0 saturated carbocycles. The molecule has 0 radical (unpaired) electrons. The minimum Gasteiger partial charge on any atom is -0.363 e. The lowest BCUT2D eigenvalue weighted by Crippen LogP contribution is -2.29. The van der Waals surface area contributed by atoms with Crippen molar-refractivity contribution in [3.63, 3.8) is 0 Å². The van der Waals surface area contributed by atoms with Gasteiger partial charge in [-0.3, -0.25) is 19.8 Å². The molecule has 0 bridgehead atoms. The van der Waals surface area contributed by atoms with E-state index in [0.717, 1.165) is 42.3 Å². The Bertz CT molecular complexity index is 1240.